The molecule has 0 aromatic rings. The summed E-state index contributed by atoms with van der Waals surface area (Å²) in [5.41, 5.74) is 0. The number of aliphatic hydroxyl groups excluding tert-OH is 1. The molecule has 0 spiro atoms. The normalized spacial score (nSPS) is 21.7. The Morgan fingerprint density at radius 2 is 2.15 bits per heavy atom. The van der Waals surface area contributed by atoms with Crippen LogP contribution in [-0.2, 0) is 4.74 Å². The highest BCUT2D eigenvalue weighted by atomic mass is 16.5. The van der Waals surface area contributed by atoms with E-state index in [4.69, 9.17) is 4.74 Å². The first-order valence-electron chi connectivity index (χ1n) is 5.25. The van der Waals surface area contributed by atoms with Crippen molar-refractivity contribution in [3.8, 4) is 0 Å². The van der Waals surface area contributed by atoms with Crippen molar-refractivity contribution in [2.45, 2.75) is 31.8 Å². The van der Waals surface area contributed by atoms with Crippen molar-refractivity contribution in [1.29, 1.82) is 0 Å². The van der Waals surface area contributed by atoms with E-state index in [1.165, 1.54) is 0 Å². The lowest BCUT2D eigenvalue weighted by Gasteiger charge is -2.26. The van der Waals surface area contributed by atoms with E-state index < -0.39 is 0 Å². The van der Waals surface area contributed by atoms with Crippen LogP contribution in [0.25, 0.3) is 0 Å². The molecule has 3 nitrogen and oxygen atoms in total. The number of hydrogen-bond donors (Lipinski definition) is 2. The predicted octanol–water partition coefficient (Wildman–Crippen LogP) is 0.773. The number of rotatable bonds is 5. The van der Waals surface area contributed by atoms with Gasteiger partial charge in [0.2, 0.25) is 0 Å². The number of nitrogens with one attached hydrogen (secondary N) is 1. The molecule has 1 aliphatic rings. The highest BCUT2D eigenvalue weighted by molar-refractivity contribution is 4.71. The predicted molar refractivity (Wildman–Crippen MR) is 52.7 cm³/mol. The molecule has 1 unspecified atom stereocenters. The zero-order valence-electron chi connectivity index (χ0n) is 8.46. The van der Waals surface area contributed by atoms with E-state index >= 15 is 0 Å². The van der Waals surface area contributed by atoms with Gasteiger partial charge in [0.25, 0.3) is 0 Å². The Bertz CT molecular complexity index is 124. The number of ether oxygens (including phenoxy) is 1. The van der Waals surface area contributed by atoms with Gasteiger partial charge in [-0.3, -0.25) is 0 Å². The summed E-state index contributed by atoms with van der Waals surface area (Å²) < 4.78 is 5.25. The van der Waals surface area contributed by atoms with Gasteiger partial charge in [0, 0.05) is 13.2 Å². The first-order valence-corrected chi connectivity index (χ1v) is 5.25. The molecule has 0 aromatic heterocycles. The Labute approximate surface area is 80.5 Å². The summed E-state index contributed by atoms with van der Waals surface area (Å²) in [7, 11) is 1.95. The lowest BCUT2D eigenvalue weighted by atomic mass is 9.91. The SMILES string of the molecule is CNCCCC(O)C1CCOCC1. The molecule has 2 N–H and O–H groups in total. The van der Waals surface area contributed by atoms with Crippen LogP contribution in [0, 0.1) is 5.92 Å². The van der Waals surface area contributed by atoms with Crippen LogP contribution in [0.5, 0.6) is 0 Å². The molecule has 0 saturated carbocycles. The molecule has 78 valence electrons. The molecule has 1 saturated heterocycles. The molecule has 0 aliphatic carbocycles. The zero-order valence-corrected chi connectivity index (χ0v) is 8.46. The second kappa shape index (κ2) is 6.35. The van der Waals surface area contributed by atoms with Gasteiger partial charge >= 0.3 is 0 Å². The molecule has 1 rings (SSSR count). The van der Waals surface area contributed by atoms with Gasteiger partial charge in [-0.05, 0) is 45.2 Å². The van der Waals surface area contributed by atoms with Crippen LogP contribution in [0.1, 0.15) is 25.7 Å². The minimum absolute atomic E-state index is 0.114. The molecular formula is C10H21NO2. The monoisotopic (exact) mass is 187 g/mol. The molecule has 0 aromatic carbocycles. The van der Waals surface area contributed by atoms with E-state index in [2.05, 4.69) is 5.32 Å². The van der Waals surface area contributed by atoms with Gasteiger partial charge in [-0.15, -0.1) is 0 Å². The third-order valence-electron chi connectivity index (χ3n) is 2.74. The van der Waals surface area contributed by atoms with Crippen LogP contribution >= 0.6 is 0 Å². The van der Waals surface area contributed by atoms with Crippen molar-refractivity contribution in [3.05, 3.63) is 0 Å². The standard InChI is InChI=1S/C10H21NO2/c1-11-6-2-3-10(12)9-4-7-13-8-5-9/h9-12H,2-8H2,1H3. The van der Waals surface area contributed by atoms with Crippen LogP contribution in [-0.4, -0.2) is 38.0 Å². The fraction of sp³-hybridized carbons (Fsp3) is 1.00. The van der Waals surface area contributed by atoms with E-state index in [1.54, 1.807) is 0 Å². The van der Waals surface area contributed by atoms with Crippen molar-refractivity contribution in [1.82, 2.24) is 5.32 Å². The van der Waals surface area contributed by atoms with Crippen LogP contribution in [0.3, 0.4) is 0 Å². The van der Waals surface area contributed by atoms with Gasteiger partial charge in [-0.2, -0.15) is 0 Å². The highest BCUT2D eigenvalue weighted by Gasteiger charge is 2.21. The summed E-state index contributed by atoms with van der Waals surface area (Å²) >= 11 is 0. The van der Waals surface area contributed by atoms with Gasteiger partial charge in [-0.25, -0.2) is 0 Å². The largest absolute Gasteiger partial charge is 0.393 e. The van der Waals surface area contributed by atoms with Crippen molar-refractivity contribution in [3.63, 3.8) is 0 Å². The van der Waals surface area contributed by atoms with Crippen molar-refractivity contribution < 1.29 is 9.84 Å². The Balaban J connectivity index is 2.09. The van der Waals surface area contributed by atoms with Crippen LogP contribution in [0.4, 0.5) is 0 Å². The average molecular weight is 187 g/mol. The Morgan fingerprint density at radius 3 is 2.77 bits per heavy atom. The minimum Gasteiger partial charge on any atom is -0.393 e. The zero-order chi connectivity index (χ0) is 9.52. The van der Waals surface area contributed by atoms with Crippen LogP contribution in [0.15, 0.2) is 0 Å². The molecule has 1 aliphatic heterocycles. The fourth-order valence-corrected chi connectivity index (χ4v) is 1.82. The van der Waals surface area contributed by atoms with Crippen LogP contribution in [0.2, 0.25) is 0 Å². The quantitative estimate of drug-likeness (QED) is 0.625. The highest BCUT2D eigenvalue weighted by Crippen LogP contribution is 2.21. The van der Waals surface area contributed by atoms with Gasteiger partial charge < -0.3 is 15.2 Å². The maximum atomic E-state index is 9.82. The molecule has 1 atom stereocenters. The third kappa shape index (κ3) is 4.07. The maximum absolute atomic E-state index is 9.82. The van der Waals surface area contributed by atoms with E-state index in [1.807, 2.05) is 7.05 Å². The summed E-state index contributed by atoms with van der Waals surface area (Å²) in [6.07, 6.45) is 3.93. The first kappa shape index (κ1) is 11.0. The maximum Gasteiger partial charge on any atom is 0.0570 e. The summed E-state index contributed by atoms with van der Waals surface area (Å²) in [4.78, 5) is 0. The van der Waals surface area contributed by atoms with Gasteiger partial charge in [0.1, 0.15) is 0 Å². The average Bonchev–Trinajstić information content (AvgIpc) is 2.19. The molecule has 1 fully saturated rings. The van der Waals surface area contributed by atoms with Crippen molar-refractivity contribution in [2.75, 3.05) is 26.8 Å². The van der Waals surface area contributed by atoms with E-state index in [-0.39, 0.29) is 6.10 Å². The lowest BCUT2D eigenvalue weighted by molar-refractivity contribution is 0.00441. The summed E-state index contributed by atoms with van der Waals surface area (Å²) in [5, 5.41) is 12.9. The second-order valence-electron chi connectivity index (χ2n) is 3.76. The first-order chi connectivity index (χ1) is 6.34. The fourth-order valence-electron chi connectivity index (χ4n) is 1.82. The third-order valence-corrected chi connectivity index (χ3v) is 2.74. The smallest absolute Gasteiger partial charge is 0.0570 e. The number of hydrogen-bond acceptors (Lipinski definition) is 3. The Hall–Kier alpha value is -0.120. The Kier molecular flexibility index (Phi) is 5.35. The van der Waals surface area contributed by atoms with E-state index in [0.717, 1.165) is 45.4 Å². The Morgan fingerprint density at radius 1 is 1.46 bits per heavy atom. The molecule has 0 radical (unpaired) electrons. The van der Waals surface area contributed by atoms with E-state index in [9.17, 15) is 5.11 Å². The summed E-state index contributed by atoms with van der Waals surface area (Å²) in [6, 6.07) is 0. The summed E-state index contributed by atoms with van der Waals surface area (Å²) in [6.45, 7) is 2.65. The number of aliphatic hydroxyl groups is 1. The van der Waals surface area contributed by atoms with Crippen LogP contribution < -0.4 is 5.32 Å². The minimum atomic E-state index is -0.114. The lowest BCUT2D eigenvalue weighted by Crippen LogP contribution is -2.27. The molecule has 1 heterocycles. The van der Waals surface area contributed by atoms with Gasteiger partial charge in [0.15, 0.2) is 0 Å². The molecule has 0 bridgehead atoms. The molecule has 13 heavy (non-hydrogen) atoms. The molecule has 3 heteroatoms. The van der Waals surface area contributed by atoms with E-state index in [0.29, 0.717) is 5.92 Å². The topological polar surface area (TPSA) is 41.5 Å². The van der Waals surface area contributed by atoms with Crippen molar-refractivity contribution >= 4 is 0 Å². The second-order valence-corrected chi connectivity index (χ2v) is 3.76. The summed E-state index contributed by atoms with van der Waals surface area (Å²) in [5.74, 6) is 0.477. The van der Waals surface area contributed by atoms with Gasteiger partial charge in [-0.1, -0.05) is 0 Å². The molecular weight excluding hydrogens is 166 g/mol. The van der Waals surface area contributed by atoms with Gasteiger partial charge in [0.05, 0.1) is 6.10 Å². The van der Waals surface area contributed by atoms with Crippen molar-refractivity contribution in [2.24, 2.45) is 5.92 Å². The molecule has 0 amide bonds.